The van der Waals surface area contributed by atoms with Crippen LogP contribution in [0.5, 0.6) is 0 Å². The van der Waals surface area contributed by atoms with Crippen LogP contribution in [-0.4, -0.2) is 39.7 Å². The van der Waals surface area contributed by atoms with Crippen LogP contribution in [0.3, 0.4) is 0 Å². The number of halogens is 3. The number of hydrogen-bond acceptors (Lipinski definition) is 5. The first-order valence-corrected chi connectivity index (χ1v) is 10.8. The standard InChI is InChI=1S/C21H23F2N5OS.ClH/c1-13(2)17-18(26-20(29)16-10-30-12-25-16)19(15-8-9-24-11-21(15,22)23)28(27-17)14-6-4-3-5-7-14;/h3-7,10,12-13,15,24H,8-9,11H2,1-2H3,(H,26,29);1H. The normalized spacial score (nSPS) is 17.9. The molecule has 0 radical (unpaired) electrons. The summed E-state index contributed by atoms with van der Waals surface area (Å²) in [5, 5.41) is 11.9. The second-order valence-corrected chi connectivity index (χ2v) is 8.37. The first-order valence-electron chi connectivity index (χ1n) is 9.85. The van der Waals surface area contributed by atoms with E-state index < -0.39 is 24.3 Å². The fraction of sp³-hybridized carbons (Fsp3) is 0.381. The topological polar surface area (TPSA) is 71.8 Å². The second-order valence-electron chi connectivity index (χ2n) is 7.65. The monoisotopic (exact) mass is 467 g/mol. The molecule has 2 aromatic heterocycles. The van der Waals surface area contributed by atoms with E-state index in [0.29, 0.717) is 29.3 Å². The average molecular weight is 468 g/mol. The minimum absolute atomic E-state index is 0. The van der Waals surface area contributed by atoms with Crippen molar-refractivity contribution in [1.82, 2.24) is 20.1 Å². The van der Waals surface area contributed by atoms with E-state index in [1.54, 1.807) is 15.6 Å². The smallest absolute Gasteiger partial charge is 0.275 e. The van der Waals surface area contributed by atoms with E-state index in [4.69, 9.17) is 0 Å². The summed E-state index contributed by atoms with van der Waals surface area (Å²) < 4.78 is 31.6. The van der Waals surface area contributed by atoms with Gasteiger partial charge in [-0.2, -0.15) is 5.10 Å². The molecule has 1 fully saturated rings. The largest absolute Gasteiger partial charge is 0.317 e. The molecule has 1 atom stereocenters. The van der Waals surface area contributed by atoms with Gasteiger partial charge in [0.25, 0.3) is 11.8 Å². The summed E-state index contributed by atoms with van der Waals surface area (Å²) in [6, 6.07) is 9.19. The van der Waals surface area contributed by atoms with Gasteiger partial charge in [-0.25, -0.2) is 18.4 Å². The number of nitrogens with one attached hydrogen (secondary N) is 2. The number of carbonyl (C=O) groups is 1. The maximum Gasteiger partial charge on any atom is 0.275 e. The van der Waals surface area contributed by atoms with Crippen LogP contribution in [0.1, 0.15) is 54.0 Å². The van der Waals surface area contributed by atoms with Crippen molar-refractivity contribution in [1.29, 1.82) is 0 Å². The van der Waals surface area contributed by atoms with Crippen LogP contribution in [-0.2, 0) is 0 Å². The molecule has 0 spiro atoms. The Morgan fingerprint density at radius 1 is 1.32 bits per heavy atom. The predicted molar refractivity (Wildman–Crippen MR) is 120 cm³/mol. The van der Waals surface area contributed by atoms with Gasteiger partial charge in [0.05, 0.1) is 40.7 Å². The molecule has 1 amide bonds. The molecule has 31 heavy (non-hydrogen) atoms. The maximum absolute atomic E-state index is 15.0. The predicted octanol–water partition coefficient (Wildman–Crippen LogP) is 4.84. The molecule has 166 valence electrons. The van der Waals surface area contributed by atoms with Gasteiger partial charge in [-0.1, -0.05) is 32.0 Å². The van der Waals surface area contributed by atoms with E-state index in [1.165, 1.54) is 11.3 Å². The Morgan fingerprint density at radius 3 is 2.68 bits per heavy atom. The zero-order valence-electron chi connectivity index (χ0n) is 17.1. The molecule has 3 aromatic rings. The van der Waals surface area contributed by atoms with Crippen molar-refractivity contribution in [2.24, 2.45) is 0 Å². The molecule has 0 aliphatic carbocycles. The molecule has 6 nitrogen and oxygen atoms in total. The van der Waals surface area contributed by atoms with Crippen LogP contribution in [0.2, 0.25) is 0 Å². The number of thiazole rings is 1. The first-order chi connectivity index (χ1) is 14.4. The van der Waals surface area contributed by atoms with Gasteiger partial charge < -0.3 is 10.6 Å². The second kappa shape index (κ2) is 9.42. The third-order valence-corrected chi connectivity index (χ3v) is 5.80. The van der Waals surface area contributed by atoms with E-state index in [2.05, 4.69) is 20.7 Å². The minimum atomic E-state index is -2.97. The molecule has 4 rings (SSSR count). The summed E-state index contributed by atoms with van der Waals surface area (Å²) in [6.45, 7) is 3.92. The summed E-state index contributed by atoms with van der Waals surface area (Å²) in [5.74, 6) is -4.55. The quantitative estimate of drug-likeness (QED) is 0.563. The lowest BCUT2D eigenvalue weighted by Crippen LogP contribution is -2.45. The lowest BCUT2D eigenvalue weighted by atomic mass is 9.88. The van der Waals surface area contributed by atoms with Crippen molar-refractivity contribution in [2.75, 3.05) is 18.4 Å². The zero-order valence-corrected chi connectivity index (χ0v) is 18.8. The number of hydrogen-bond donors (Lipinski definition) is 2. The summed E-state index contributed by atoms with van der Waals surface area (Å²) >= 11 is 1.30. The summed E-state index contributed by atoms with van der Waals surface area (Å²) in [7, 11) is 0. The maximum atomic E-state index is 15.0. The molecule has 0 saturated carbocycles. The Morgan fingerprint density at radius 2 is 2.06 bits per heavy atom. The number of aromatic nitrogens is 3. The van der Waals surface area contributed by atoms with Crippen molar-refractivity contribution in [3.63, 3.8) is 0 Å². The van der Waals surface area contributed by atoms with E-state index >= 15 is 8.78 Å². The third kappa shape index (κ3) is 4.63. The molecule has 0 bridgehead atoms. The minimum Gasteiger partial charge on any atom is -0.317 e. The van der Waals surface area contributed by atoms with Gasteiger partial charge in [0.1, 0.15) is 5.69 Å². The summed E-state index contributed by atoms with van der Waals surface area (Å²) in [4.78, 5) is 16.8. The van der Waals surface area contributed by atoms with Crippen LogP contribution < -0.4 is 10.6 Å². The van der Waals surface area contributed by atoms with Crippen molar-refractivity contribution in [2.45, 2.75) is 38.0 Å². The van der Waals surface area contributed by atoms with Crippen LogP contribution in [0.25, 0.3) is 5.69 Å². The van der Waals surface area contributed by atoms with Crippen molar-refractivity contribution >= 4 is 35.3 Å². The molecular formula is C21H24ClF2N5OS. The molecule has 1 aromatic carbocycles. The van der Waals surface area contributed by atoms with Gasteiger partial charge in [-0.05, 0) is 31.0 Å². The van der Waals surface area contributed by atoms with Crippen LogP contribution in [0.15, 0.2) is 41.2 Å². The van der Waals surface area contributed by atoms with Crippen molar-refractivity contribution < 1.29 is 13.6 Å². The lowest BCUT2D eigenvalue weighted by Gasteiger charge is -2.33. The van der Waals surface area contributed by atoms with E-state index in [9.17, 15) is 4.79 Å². The van der Waals surface area contributed by atoms with E-state index in [-0.39, 0.29) is 30.4 Å². The van der Waals surface area contributed by atoms with Crippen molar-refractivity contribution in [3.8, 4) is 5.69 Å². The molecule has 1 unspecified atom stereocenters. The highest BCUT2D eigenvalue weighted by molar-refractivity contribution is 7.07. The Hall–Kier alpha value is -2.36. The summed E-state index contributed by atoms with van der Waals surface area (Å²) in [5.41, 5.74) is 3.77. The van der Waals surface area contributed by atoms with Gasteiger partial charge in [-0.3, -0.25) is 4.79 Å². The number of piperidine rings is 1. The number of amides is 1. The number of benzene rings is 1. The number of rotatable bonds is 5. The van der Waals surface area contributed by atoms with Crippen LogP contribution in [0, 0.1) is 0 Å². The van der Waals surface area contributed by atoms with Gasteiger partial charge in [0.2, 0.25) is 0 Å². The fourth-order valence-electron chi connectivity index (χ4n) is 3.74. The Kier molecular flexibility index (Phi) is 7.08. The lowest BCUT2D eigenvalue weighted by molar-refractivity contribution is -0.0436. The summed E-state index contributed by atoms with van der Waals surface area (Å²) in [6.07, 6.45) is 0.239. The molecular weight excluding hydrogens is 444 g/mol. The number of para-hydroxylation sites is 1. The molecule has 1 aliphatic heterocycles. The van der Waals surface area contributed by atoms with E-state index in [0.717, 1.165) is 0 Å². The van der Waals surface area contributed by atoms with Gasteiger partial charge in [0, 0.05) is 5.38 Å². The third-order valence-electron chi connectivity index (χ3n) is 5.21. The van der Waals surface area contributed by atoms with Gasteiger partial charge in [-0.15, -0.1) is 23.7 Å². The van der Waals surface area contributed by atoms with Gasteiger partial charge >= 0.3 is 0 Å². The Balaban J connectivity index is 0.00000272. The fourth-order valence-corrected chi connectivity index (χ4v) is 4.28. The van der Waals surface area contributed by atoms with Crippen molar-refractivity contribution in [3.05, 3.63) is 58.3 Å². The molecule has 10 heteroatoms. The van der Waals surface area contributed by atoms with Crippen LogP contribution >= 0.6 is 23.7 Å². The molecule has 2 N–H and O–H groups in total. The number of carbonyl (C=O) groups excluding carboxylic acids is 1. The molecule has 1 aliphatic rings. The number of alkyl halides is 2. The highest BCUT2D eigenvalue weighted by Crippen LogP contribution is 2.44. The highest BCUT2D eigenvalue weighted by Gasteiger charge is 2.46. The molecule has 3 heterocycles. The molecule has 1 saturated heterocycles. The first kappa shape index (κ1) is 23.3. The van der Waals surface area contributed by atoms with Gasteiger partial charge in [0.15, 0.2) is 0 Å². The zero-order chi connectivity index (χ0) is 21.3. The SMILES string of the molecule is CC(C)c1nn(-c2ccccc2)c(C2CCNCC2(F)F)c1NC(=O)c1cscn1.Cl. The highest BCUT2D eigenvalue weighted by atomic mass is 35.5. The Labute approximate surface area is 189 Å². The number of anilines is 1. The van der Waals surface area contributed by atoms with E-state index in [1.807, 2.05) is 44.2 Å². The Bertz CT molecular complexity index is 1020. The number of nitrogens with zero attached hydrogens (tertiary/aromatic N) is 3. The van der Waals surface area contributed by atoms with Crippen LogP contribution in [0.4, 0.5) is 14.5 Å². The average Bonchev–Trinajstić information content (AvgIpc) is 3.37.